The van der Waals surface area contributed by atoms with Crippen molar-refractivity contribution in [1.29, 1.82) is 0 Å². The fraction of sp³-hybridized carbons (Fsp3) is 0.786. The molecule has 1 fully saturated rings. The van der Waals surface area contributed by atoms with Crippen molar-refractivity contribution in [2.24, 2.45) is 0 Å². The molecule has 194 valence electrons. The molecule has 0 bridgehead atoms. The minimum Gasteiger partial charge on any atom is -0.447 e. The van der Waals surface area contributed by atoms with Crippen LogP contribution in [0.5, 0.6) is 0 Å². The molecule has 1 aliphatic rings. The summed E-state index contributed by atoms with van der Waals surface area (Å²) in [6.45, 7) is 4.38. The van der Waals surface area contributed by atoms with Crippen LogP contribution >= 0.6 is 0 Å². The number of aromatic nitrogens is 1. The van der Waals surface area contributed by atoms with E-state index in [1.54, 1.807) is 6.20 Å². The summed E-state index contributed by atoms with van der Waals surface area (Å²) in [5.74, 6) is 0. The summed E-state index contributed by atoms with van der Waals surface area (Å²) in [4.78, 5) is 15.9. The molecule has 2 atom stereocenters. The van der Waals surface area contributed by atoms with E-state index in [4.69, 9.17) is 14.2 Å². The van der Waals surface area contributed by atoms with Crippen molar-refractivity contribution in [3.8, 4) is 0 Å². The molecule has 0 unspecified atom stereocenters. The van der Waals surface area contributed by atoms with Gasteiger partial charge in [-0.1, -0.05) is 96.5 Å². The van der Waals surface area contributed by atoms with Crippen LogP contribution in [0.25, 0.3) is 0 Å². The van der Waals surface area contributed by atoms with Crippen molar-refractivity contribution in [2.75, 3.05) is 19.8 Å². The molecule has 1 amide bonds. The summed E-state index contributed by atoms with van der Waals surface area (Å²) in [6, 6.07) is 5.59. The summed E-state index contributed by atoms with van der Waals surface area (Å²) in [5, 5.41) is 2.70. The second kappa shape index (κ2) is 19.6. The number of ether oxygens (including phenoxy) is 3. The molecule has 1 saturated heterocycles. The summed E-state index contributed by atoms with van der Waals surface area (Å²) >= 11 is 0. The fourth-order valence-electron chi connectivity index (χ4n) is 4.27. The first-order valence-electron chi connectivity index (χ1n) is 13.8. The molecule has 34 heavy (non-hydrogen) atoms. The smallest absolute Gasteiger partial charge is 0.407 e. The standard InChI is InChI=1S/C28H48N2O4/c1-2-3-4-5-6-7-8-9-10-11-12-13-14-17-20-32-23-26-21-27(34-26)24-33-28(31)30-22-25-18-15-16-19-29-25/h15-16,18-19,26-27H,2-14,17,20-24H2,1H3,(H,30,31)/t26-,27-/m1/s1. The van der Waals surface area contributed by atoms with Gasteiger partial charge in [-0.3, -0.25) is 4.98 Å². The Kier molecular flexibility index (Phi) is 16.5. The van der Waals surface area contributed by atoms with Crippen LogP contribution in [0.4, 0.5) is 4.79 Å². The van der Waals surface area contributed by atoms with E-state index >= 15 is 0 Å². The number of nitrogens with zero attached hydrogens (tertiary/aromatic N) is 1. The monoisotopic (exact) mass is 476 g/mol. The van der Waals surface area contributed by atoms with Gasteiger partial charge in [0.25, 0.3) is 0 Å². The van der Waals surface area contributed by atoms with Crippen molar-refractivity contribution in [3.63, 3.8) is 0 Å². The van der Waals surface area contributed by atoms with Crippen molar-refractivity contribution in [2.45, 2.75) is 122 Å². The highest BCUT2D eigenvalue weighted by Crippen LogP contribution is 2.21. The van der Waals surface area contributed by atoms with Crippen LogP contribution in [-0.2, 0) is 20.8 Å². The van der Waals surface area contributed by atoms with Gasteiger partial charge in [0.1, 0.15) is 6.61 Å². The number of hydrogen-bond acceptors (Lipinski definition) is 5. The first-order valence-corrected chi connectivity index (χ1v) is 13.8. The Labute approximate surface area is 207 Å². The first kappa shape index (κ1) is 28.6. The number of carbonyl (C=O) groups excluding carboxylic acids is 1. The van der Waals surface area contributed by atoms with E-state index in [2.05, 4.69) is 17.2 Å². The van der Waals surface area contributed by atoms with Gasteiger partial charge >= 0.3 is 6.09 Å². The molecule has 2 heterocycles. The SMILES string of the molecule is CCCCCCCCCCCCCCCCOC[C@H]1C[C@H](COC(=O)NCc2ccccn2)O1. The number of hydrogen-bond donors (Lipinski definition) is 1. The van der Waals surface area contributed by atoms with E-state index in [1.165, 1.54) is 83.5 Å². The lowest BCUT2D eigenvalue weighted by atomic mass is 10.0. The molecule has 0 aliphatic carbocycles. The highest BCUT2D eigenvalue weighted by molar-refractivity contribution is 5.67. The highest BCUT2D eigenvalue weighted by atomic mass is 16.6. The molecule has 6 heteroatoms. The largest absolute Gasteiger partial charge is 0.447 e. The van der Waals surface area contributed by atoms with Crippen LogP contribution in [0.1, 0.15) is 109 Å². The zero-order valence-electron chi connectivity index (χ0n) is 21.5. The molecule has 0 spiro atoms. The minimum absolute atomic E-state index is 0.0183. The number of nitrogens with one attached hydrogen (secondary N) is 1. The Morgan fingerprint density at radius 3 is 2.09 bits per heavy atom. The third-order valence-corrected chi connectivity index (χ3v) is 6.40. The molecule has 1 aromatic heterocycles. The van der Waals surface area contributed by atoms with E-state index in [-0.39, 0.29) is 18.8 Å². The Morgan fingerprint density at radius 2 is 1.50 bits per heavy atom. The fourth-order valence-corrected chi connectivity index (χ4v) is 4.27. The third-order valence-electron chi connectivity index (χ3n) is 6.40. The molecular formula is C28H48N2O4. The molecule has 6 nitrogen and oxygen atoms in total. The van der Waals surface area contributed by atoms with Crippen LogP contribution < -0.4 is 5.32 Å². The average molecular weight is 477 g/mol. The van der Waals surface area contributed by atoms with Gasteiger partial charge in [0.15, 0.2) is 0 Å². The van der Waals surface area contributed by atoms with Gasteiger partial charge in [-0.25, -0.2) is 4.79 Å². The summed E-state index contributed by atoms with van der Waals surface area (Å²) in [7, 11) is 0. The van der Waals surface area contributed by atoms with Crippen LogP contribution in [0.3, 0.4) is 0 Å². The summed E-state index contributed by atoms with van der Waals surface area (Å²) in [5.41, 5.74) is 0.801. The van der Waals surface area contributed by atoms with Crippen molar-refractivity contribution >= 4 is 6.09 Å². The second-order valence-electron chi connectivity index (χ2n) is 9.56. The van der Waals surface area contributed by atoms with Gasteiger partial charge in [0, 0.05) is 19.2 Å². The number of carbonyl (C=O) groups is 1. The number of unbranched alkanes of at least 4 members (excludes halogenated alkanes) is 13. The summed E-state index contributed by atoms with van der Waals surface area (Å²) in [6.07, 6.45) is 21.4. The zero-order chi connectivity index (χ0) is 24.1. The van der Waals surface area contributed by atoms with E-state index in [1.807, 2.05) is 18.2 Å². The maximum atomic E-state index is 11.7. The molecule has 1 aliphatic heterocycles. The zero-order valence-corrected chi connectivity index (χ0v) is 21.5. The normalized spacial score (nSPS) is 17.3. The van der Waals surface area contributed by atoms with Crippen molar-refractivity contribution in [1.82, 2.24) is 10.3 Å². The van der Waals surface area contributed by atoms with Gasteiger partial charge in [-0.15, -0.1) is 0 Å². The lowest BCUT2D eigenvalue weighted by Gasteiger charge is -2.35. The predicted molar refractivity (Wildman–Crippen MR) is 137 cm³/mol. The lowest BCUT2D eigenvalue weighted by Crippen LogP contribution is -2.44. The predicted octanol–water partition coefficient (Wildman–Crippen LogP) is 6.96. The van der Waals surface area contributed by atoms with E-state index in [0.29, 0.717) is 13.2 Å². The number of pyridine rings is 1. The molecular weight excluding hydrogens is 428 g/mol. The first-order chi connectivity index (χ1) is 16.8. The van der Waals surface area contributed by atoms with E-state index in [9.17, 15) is 4.79 Å². The maximum absolute atomic E-state index is 11.7. The van der Waals surface area contributed by atoms with E-state index in [0.717, 1.165) is 25.1 Å². The van der Waals surface area contributed by atoms with Crippen LogP contribution in [-0.4, -0.2) is 43.1 Å². The topological polar surface area (TPSA) is 69.7 Å². The van der Waals surface area contributed by atoms with Crippen molar-refractivity contribution in [3.05, 3.63) is 30.1 Å². The number of amides is 1. The average Bonchev–Trinajstić information content (AvgIpc) is 2.83. The Balaban J connectivity index is 1.27. The van der Waals surface area contributed by atoms with Crippen LogP contribution in [0.15, 0.2) is 24.4 Å². The Morgan fingerprint density at radius 1 is 0.912 bits per heavy atom. The van der Waals surface area contributed by atoms with Gasteiger partial charge in [0.2, 0.25) is 0 Å². The van der Waals surface area contributed by atoms with Gasteiger partial charge < -0.3 is 19.5 Å². The molecule has 0 saturated carbocycles. The van der Waals surface area contributed by atoms with E-state index < -0.39 is 6.09 Å². The van der Waals surface area contributed by atoms with Gasteiger partial charge in [-0.05, 0) is 18.6 Å². The maximum Gasteiger partial charge on any atom is 0.407 e. The Hall–Kier alpha value is -1.66. The molecule has 0 aromatic carbocycles. The van der Waals surface area contributed by atoms with Gasteiger partial charge in [0.05, 0.1) is 31.1 Å². The minimum atomic E-state index is -0.438. The quantitative estimate of drug-likeness (QED) is 0.194. The molecule has 1 N–H and O–H groups in total. The highest BCUT2D eigenvalue weighted by Gasteiger charge is 2.31. The third kappa shape index (κ3) is 14.6. The van der Waals surface area contributed by atoms with Crippen LogP contribution in [0, 0.1) is 0 Å². The van der Waals surface area contributed by atoms with Gasteiger partial charge in [-0.2, -0.15) is 0 Å². The van der Waals surface area contributed by atoms with Crippen LogP contribution in [0.2, 0.25) is 0 Å². The Bertz CT molecular complexity index is 608. The molecule has 0 radical (unpaired) electrons. The number of rotatable bonds is 21. The lowest BCUT2D eigenvalue weighted by molar-refractivity contribution is -0.166. The number of alkyl carbamates (subject to hydrolysis) is 1. The molecule has 1 aromatic rings. The van der Waals surface area contributed by atoms with Crippen molar-refractivity contribution < 1.29 is 19.0 Å². The summed E-state index contributed by atoms with van der Waals surface area (Å²) < 4.78 is 16.7. The second-order valence-corrected chi connectivity index (χ2v) is 9.56. The molecule has 2 rings (SSSR count).